The minimum Gasteiger partial charge on any atom is -0.381 e. The average Bonchev–Trinajstić information content (AvgIpc) is 2.79. The van der Waals surface area contributed by atoms with Gasteiger partial charge >= 0.3 is 0 Å². The molecular formula is C13H21N3O. The number of pyridine rings is 1. The lowest BCUT2D eigenvalue weighted by atomic mass is 9.87. The van der Waals surface area contributed by atoms with Crippen LogP contribution in [0, 0.1) is 5.41 Å². The predicted molar refractivity (Wildman–Crippen MR) is 67.5 cm³/mol. The molecule has 2 heterocycles. The fourth-order valence-corrected chi connectivity index (χ4v) is 2.43. The summed E-state index contributed by atoms with van der Waals surface area (Å²) in [5.41, 5.74) is 7.28. The van der Waals surface area contributed by atoms with Crippen molar-refractivity contribution in [2.24, 2.45) is 11.1 Å². The summed E-state index contributed by atoms with van der Waals surface area (Å²) >= 11 is 0. The summed E-state index contributed by atoms with van der Waals surface area (Å²) in [6, 6.07) is 4.07. The van der Waals surface area contributed by atoms with E-state index in [0.29, 0.717) is 6.54 Å². The molecule has 94 valence electrons. The van der Waals surface area contributed by atoms with Crippen molar-refractivity contribution in [3.8, 4) is 0 Å². The molecule has 0 radical (unpaired) electrons. The summed E-state index contributed by atoms with van der Waals surface area (Å²) in [7, 11) is 2.13. The van der Waals surface area contributed by atoms with Gasteiger partial charge in [0.2, 0.25) is 0 Å². The standard InChI is InChI=1S/C13H21N3O/c1-16(8-12-3-2-5-15-7-12)10-13(9-14)4-6-17-11-13/h2-3,5,7H,4,6,8-11,14H2,1H3. The van der Waals surface area contributed by atoms with Crippen LogP contribution in [0.2, 0.25) is 0 Å². The second-order valence-corrected chi connectivity index (χ2v) is 5.04. The van der Waals surface area contributed by atoms with E-state index in [4.69, 9.17) is 10.5 Å². The van der Waals surface area contributed by atoms with Gasteiger partial charge in [0.15, 0.2) is 0 Å². The molecule has 1 aromatic rings. The molecule has 1 unspecified atom stereocenters. The molecular weight excluding hydrogens is 214 g/mol. The van der Waals surface area contributed by atoms with Gasteiger partial charge < -0.3 is 15.4 Å². The number of hydrogen-bond acceptors (Lipinski definition) is 4. The maximum Gasteiger partial charge on any atom is 0.0547 e. The first-order valence-corrected chi connectivity index (χ1v) is 6.09. The summed E-state index contributed by atoms with van der Waals surface area (Å²) < 4.78 is 5.48. The van der Waals surface area contributed by atoms with Gasteiger partial charge in [0, 0.05) is 44.0 Å². The number of nitrogens with two attached hydrogens (primary N) is 1. The molecule has 2 N–H and O–H groups in total. The minimum absolute atomic E-state index is 0.150. The Bertz CT molecular complexity index is 336. The lowest BCUT2D eigenvalue weighted by Crippen LogP contribution is -2.41. The van der Waals surface area contributed by atoms with E-state index >= 15 is 0 Å². The molecule has 1 aromatic heterocycles. The Kier molecular flexibility index (Phi) is 4.10. The summed E-state index contributed by atoms with van der Waals surface area (Å²) in [5.74, 6) is 0. The summed E-state index contributed by atoms with van der Waals surface area (Å²) in [6.07, 6.45) is 4.79. The Morgan fingerprint density at radius 3 is 3.06 bits per heavy atom. The quantitative estimate of drug-likeness (QED) is 0.823. The van der Waals surface area contributed by atoms with Gasteiger partial charge in [-0.3, -0.25) is 4.98 Å². The number of hydrogen-bond donors (Lipinski definition) is 1. The van der Waals surface area contributed by atoms with E-state index in [9.17, 15) is 0 Å². The van der Waals surface area contributed by atoms with Gasteiger partial charge in [0.1, 0.15) is 0 Å². The van der Waals surface area contributed by atoms with Gasteiger partial charge in [-0.05, 0) is 25.1 Å². The van der Waals surface area contributed by atoms with Gasteiger partial charge in [0.05, 0.1) is 6.61 Å². The van der Waals surface area contributed by atoms with Crippen LogP contribution in [0.15, 0.2) is 24.5 Å². The molecule has 1 saturated heterocycles. The first-order chi connectivity index (χ1) is 8.24. The zero-order chi connectivity index (χ0) is 12.1. The first kappa shape index (κ1) is 12.5. The molecule has 1 atom stereocenters. The molecule has 2 rings (SSSR count). The summed E-state index contributed by atoms with van der Waals surface area (Å²) in [4.78, 5) is 6.44. The van der Waals surface area contributed by atoms with Crippen LogP contribution in [0.3, 0.4) is 0 Å². The van der Waals surface area contributed by atoms with Gasteiger partial charge in [-0.1, -0.05) is 6.07 Å². The smallest absolute Gasteiger partial charge is 0.0547 e. The van der Waals surface area contributed by atoms with Crippen LogP contribution in [0.1, 0.15) is 12.0 Å². The maximum atomic E-state index is 5.89. The average molecular weight is 235 g/mol. The van der Waals surface area contributed by atoms with Gasteiger partial charge in [0.25, 0.3) is 0 Å². The van der Waals surface area contributed by atoms with Gasteiger partial charge in [-0.2, -0.15) is 0 Å². The molecule has 0 saturated carbocycles. The molecule has 17 heavy (non-hydrogen) atoms. The minimum atomic E-state index is 0.150. The second kappa shape index (κ2) is 5.58. The van der Waals surface area contributed by atoms with Crippen LogP contribution in [-0.4, -0.2) is 43.2 Å². The van der Waals surface area contributed by atoms with Crippen molar-refractivity contribution in [3.63, 3.8) is 0 Å². The fraction of sp³-hybridized carbons (Fsp3) is 0.615. The van der Waals surface area contributed by atoms with Crippen LogP contribution in [0.4, 0.5) is 0 Å². The van der Waals surface area contributed by atoms with Crippen LogP contribution < -0.4 is 5.73 Å². The van der Waals surface area contributed by atoms with E-state index in [-0.39, 0.29) is 5.41 Å². The molecule has 0 spiro atoms. The van der Waals surface area contributed by atoms with E-state index in [1.807, 2.05) is 12.3 Å². The lowest BCUT2D eigenvalue weighted by Gasteiger charge is -2.31. The highest BCUT2D eigenvalue weighted by Gasteiger charge is 2.34. The predicted octanol–water partition coefficient (Wildman–Crippen LogP) is 0.879. The van der Waals surface area contributed by atoms with Gasteiger partial charge in [-0.25, -0.2) is 0 Å². The van der Waals surface area contributed by atoms with Crippen LogP contribution in [0.5, 0.6) is 0 Å². The van der Waals surface area contributed by atoms with E-state index < -0.39 is 0 Å². The SMILES string of the molecule is CN(Cc1cccnc1)CC1(CN)CCOC1. The Labute approximate surface area is 103 Å². The van der Waals surface area contributed by atoms with E-state index in [1.54, 1.807) is 6.20 Å². The highest BCUT2D eigenvalue weighted by Crippen LogP contribution is 2.28. The molecule has 0 amide bonds. The molecule has 1 fully saturated rings. The summed E-state index contributed by atoms with van der Waals surface area (Å²) in [5, 5.41) is 0. The maximum absolute atomic E-state index is 5.89. The molecule has 1 aliphatic heterocycles. The number of rotatable bonds is 5. The number of aromatic nitrogens is 1. The van der Waals surface area contributed by atoms with Crippen molar-refractivity contribution in [1.82, 2.24) is 9.88 Å². The van der Waals surface area contributed by atoms with Crippen molar-refractivity contribution >= 4 is 0 Å². The van der Waals surface area contributed by atoms with E-state index in [1.165, 1.54) is 5.56 Å². The molecule has 0 bridgehead atoms. The summed E-state index contributed by atoms with van der Waals surface area (Å²) in [6.45, 7) is 4.23. The highest BCUT2D eigenvalue weighted by molar-refractivity contribution is 5.08. The van der Waals surface area contributed by atoms with E-state index in [2.05, 4.69) is 23.0 Å². The van der Waals surface area contributed by atoms with Gasteiger partial charge in [-0.15, -0.1) is 0 Å². The van der Waals surface area contributed by atoms with Crippen molar-refractivity contribution in [2.75, 3.05) is 33.4 Å². The third-order valence-corrected chi connectivity index (χ3v) is 3.40. The Balaban J connectivity index is 1.90. The number of nitrogens with zero attached hydrogens (tertiary/aromatic N) is 2. The van der Waals surface area contributed by atoms with Crippen molar-refractivity contribution in [3.05, 3.63) is 30.1 Å². The topological polar surface area (TPSA) is 51.4 Å². The fourth-order valence-electron chi connectivity index (χ4n) is 2.43. The Hall–Kier alpha value is -0.970. The zero-order valence-corrected chi connectivity index (χ0v) is 10.4. The monoisotopic (exact) mass is 235 g/mol. The second-order valence-electron chi connectivity index (χ2n) is 5.04. The Morgan fingerprint density at radius 2 is 2.47 bits per heavy atom. The van der Waals surface area contributed by atoms with Crippen LogP contribution >= 0.6 is 0 Å². The van der Waals surface area contributed by atoms with Crippen molar-refractivity contribution in [1.29, 1.82) is 0 Å². The molecule has 1 aliphatic rings. The molecule has 0 aromatic carbocycles. The van der Waals surface area contributed by atoms with E-state index in [0.717, 1.165) is 32.7 Å². The van der Waals surface area contributed by atoms with Crippen molar-refractivity contribution < 1.29 is 4.74 Å². The lowest BCUT2D eigenvalue weighted by molar-refractivity contribution is 0.123. The molecule has 4 nitrogen and oxygen atoms in total. The zero-order valence-electron chi connectivity index (χ0n) is 10.4. The Morgan fingerprint density at radius 1 is 1.59 bits per heavy atom. The highest BCUT2D eigenvalue weighted by atomic mass is 16.5. The largest absolute Gasteiger partial charge is 0.381 e. The number of ether oxygens (including phenoxy) is 1. The van der Waals surface area contributed by atoms with Crippen LogP contribution in [0.25, 0.3) is 0 Å². The van der Waals surface area contributed by atoms with Crippen LogP contribution in [-0.2, 0) is 11.3 Å². The first-order valence-electron chi connectivity index (χ1n) is 6.09. The third-order valence-electron chi connectivity index (χ3n) is 3.40. The normalized spacial score (nSPS) is 24.4. The third kappa shape index (κ3) is 3.25. The molecule has 0 aliphatic carbocycles. The van der Waals surface area contributed by atoms with Crippen molar-refractivity contribution in [2.45, 2.75) is 13.0 Å². The molecule has 4 heteroatoms.